The summed E-state index contributed by atoms with van der Waals surface area (Å²) in [6.07, 6.45) is 0.417. The standard InChI is InChI=1S/C26H27FN4O3S2/c27-20-6-2-1-5-19(20)21-17-22(23-7-3-15-35-23)31(28-21)25(32)18-30(26(33)24-8-4-16-36-24)10-9-29-11-13-34-14-12-29/h1-8,15-16,22H,9-14,17-18H2. The molecule has 2 aliphatic heterocycles. The average molecular weight is 527 g/mol. The molecule has 2 aromatic heterocycles. The van der Waals surface area contributed by atoms with Crippen LogP contribution >= 0.6 is 22.7 Å². The molecule has 0 aliphatic carbocycles. The third-order valence-electron chi connectivity index (χ3n) is 6.36. The molecule has 0 spiro atoms. The second kappa shape index (κ2) is 11.4. The minimum atomic E-state index is -0.365. The maximum Gasteiger partial charge on any atom is 0.264 e. The van der Waals surface area contributed by atoms with Gasteiger partial charge in [-0.15, -0.1) is 22.7 Å². The van der Waals surface area contributed by atoms with Gasteiger partial charge in [0.25, 0.3) is 11.8 Å². The summed E-state index contributed by atoms with van der Waals surface area (Å²) >= 11 is 2.90. The highest BCUT2D eigenvalue weighted by molar-refractivity contribution is 7.12. The number of amides is 2. The van der Waals surface area contributed by atoms with Gasteiger partial charge in [0.05, 0.1) is 29.8 Å². The van der Waals surface area contributed by atoms with Gasteiger partial charge in [-0.05, 0) is 29.0 Å². The maximum atomic E-state index is 14.5. The van der Waals surface area contributed by atoms with Gasteiger partial charge in [0, 0.05) is 43.0 Å². The fourth-order valence-corrected chi connectivity index (χ4v) is 5.93. The lowest BCUT2D eigenvalue weighted by Gasteiger charge is -2.30. The number of halogens is 1. The third kappa shape index (κ3) is 5.57. The highest BCUT2D eigenvalue weighted by Crippen LogP contribution is 2.35. The second-order valence-electron chi connectivity index (χ2n) is 8.66. The Morgan fingerprint density at radius 3 is 2.56 bits per heavy atom. The number of carbonyl (C=O) groups excluding carboxylic acids is 2. The number of carbonyl (C=O) groups is 2. The SMILES string of the molecule is O=C(c1cccs1)N(CCN1CCOCC1)CC(=O)N1N=C(c2ccccc2F)CC1c1cccs1. The van der Waals surface area contributed by atoms with Crippen molar-refractivity contribution < 1.29 is 18.7 Å². The first-order valence-electron chi connectivity index (χ1n) is 11.9. The van der Waals surface area contributed by atoms with Gasteiger partial charge < -0.3 is 9.64 Å². The number of nitrogens with zero attached hydrogens (tertiary/aromatic N) is 4. The van der Waals surface area contributed by atoms with Crippen LogP contribution in [-0.2, 0) is 9.53 Å². The molecule has 1 aromatic carbocycles. The van der Waals surface area contributed by atoms with Crippen LogP contribution in [0.2, 0.25) is 0 Å². The van der Waals surface area contributed by atoms with E-state index < -0.39 is 0 Å². The van der Waals surface area contributed by atoms with Crippen molar-refractivity contribution in [2.45, 2.75) is 12.5 Å². The van der Waals surface area contributed by atoms with Crippen LogP contribution in [0, 0.1) is 5.82 Å². The van der Waals surface area contributed by atoms with Crippen LogP contribution in [0.15, 0.2) is 64.4 Å². The fourth-order valence-electron chi connectivity index (χ4n) is 4.43. The molecule has 2 aliphatic rings. The number of hydrogen-bond acceptors (Lipinski definition) is 7. The average Bonchev–Trinajstić information content (AvgIpc) is 3.68. The van der Waals surface area contributed by atoms with Crippen LogP contribution in [0.5, 0.6) is 0 Å². The second-order valence-corrected chi connectivity index (χ2v) is 10.6. The highest BCUT2D eigenvalue weighted by Gasteiger charge is 2.36. The van der Waals surface area contributed by atoms with Crippen LogP contribution in [0.25, 0.3) is 0 Å². The van der Waals surface area contributed by atoms with Gasteiger partial charge in [-0.2, -0.15) is 5.10 Å². The largest absolute Gasteiger partial charge is 0.379 e. The van der Waals surface area contributed by atoms with E-state index in [9.17, 15) is 14.0 Å². The van der Waals surface area contributed by atoms with Crippen LogP contribution in [0.4, 0.5) is 4.39 Å². The molecule has 2 amide bonds. The van der Waals surface area contributed by atoms with Gasteiger partial charge in [-0.3, -0.25) is 14.5 Å². The van der Waals surface area contributed by atoms with Gasteiger partial charge in [0.1, 0.15) is 12.4 Å². The number of hydrazone groups is 1. The number of ether oxygens (including phenoxy) is 1. The van der Waals surface area contributed by atoms with Gasteiger partial charge in [-0.1, -0.05) is 30.3 Å². The van der Waals surface area contributed by atoms with E-state index in [4.69, 9.17) is 4.74 Å². The zero-order valence-corrected chi connectivity index (χ0v) is 21.3. The number of hydrogen-bond donors (Lipinski definition) is 0. The topological polar surface area (TPSA) is 65.5 Å². The van der Waals surface area contributed by atoms with Crippen LogP contribution in [0.3, 0.4) is 0 Å². The molecule has 0 radical (unpaired) electrons. The molecular formula is C26H27FN4O3S2. The van der Waals surface area contributed by atoms with Crippen molar-refractivity contribution in [3.05, 3.63) is 80.4 Å². The van der Waals surface area contributed by atoms with E-state index in [1.165, 1.54) is 33.7 Å². The minimum Gasteiger partial charge on any atom is -0.379 e. The summed E-state index contributed by atoms with van der Waals surface area (Å²) in [6, 6.07) is 13.6. The summed E-state index contributed by atoms with van der Waals surface area (Å²) in [5.41, 5.74) is 0.928. The third-order valence-corrected chi connectivity index (χ3v) is 8.19. The van der Waals surface area contributed by atoms with E-state index in [1.54, 1.807) is 29.2 Å². The molecule has 0 bridgehead atoms. The molecule has 10 heteroatoms. The van der Waals surface area contributed by atoms with Crippen LogP contribution < -0.4 is 0 Å². The molecule has 1 unspecified atom stereocenters. The van der Waals surface area contributed by atoms with Crippen LogP contribution in [0.1, 0.15) is 32.6 Å². The molecule has 0 saturated carbocycles. The number of morpholine rings is 1. The molecule has 7 nitrogen and oxygen atoms in total. The number of thiophene rings is 2. The van der Waals surface area contributed by atoms with Gasteiger partial charge in [-0.25, -0.2) is 9.40 Å². The van der Waals surface area contributed by atoms with Gasteiger partial charge in [0.15, 0.2) is 0 Å². The zero-order chi connectivity index (χ0) is 24.9. The Kier molecular flexibility index (Phi) is 7.86. The lowest BCUT2D eigenvalue weighted by Crippen LogP contribution is -2.46. The molecule has 1 atom stereocenters. The molecule has 1 fully saturated rings. The normalized spacial score (nSPS) is 18.3. The van der Waals surface area contributed by atoms with Crippen molar-refractivity contribution in [3.8, 4) is 0 Å². The fraction of sp³-hybridized carbons (Fsp3) is 0.346. The molecule has 0 N–H and O–H groups in total. The first-order chi connectivity index (χ1) is 17.6. The molecular weight excluding hydrogens is 499 g/mol. The van der Waals surface area contributed by atoms with E-state index in [0.29, 0.717) is 48.9 Å². The molecule has 36 heavy (non-hydrogen) atoms. The monoisotopic (exact) mass is 526 g/mol. The van der Waals surface area contributed by atoms with Gasteiger partial charge in [0.2, 0.25) is 0 Å². The van der Waals surface area contributed by atoms with Crippen LogP contribution in [-0.4, -0.2) is 78.3 Å². The van der Waals surface area contributed by atoms with Crippen molar-refractivity contribution in [1.82, 2.24) is 14.8 Å². The lowest BCUT2D eigenvalue weighted by atomic mass is 10.0. The summed E-state index contributed by atoms with van der Waals surface area (Å²) in [5, 5.41) is 9.83. The Morgan fingerprint density at radius 1 is 1.06 bits per heavy atom. The van der Waals surface area contributed by atoms with E-state index in [2.05, 4.69) is 10.0 Å². The first-order valence-corrected chi connectivity index (χ1v) is 13.7. The Hall–Kier alpha value is -2.92. The van der Waals surface area contributed by atoms with E-state index in [1.807, 2.05) is 29.0 Å². The summed E-state index contributed by atoms with van der Waals surface area (Å²) in [4.78, 5) is 32.4. The van der Waals surface area contributed by atoms with Crippen molar-refractivity contribution in [3.63, 3.8) is 0 Å². The zero-order valence-electron chi connectivity index (χ0n) is 19.7. The molecule has 3 aromatic rings. The first kappa shape index (κ1) is 24.8. The summed E-state index contributed by atoms with van der Waals surface area (Å²) in [7, 11) is 0. The van der Waals surface area contributed by atoms with Crippen molar-refractivity contribution >= 4 is 40.2 Å². The maximum absolute atomic E-state index is 14.5. The molecule has 5 rings (SSSR count). The minimum absolute atomic E-state index is 0.100. The number of benzene rings is 1. The van der Waals surface area contributed by atoms with E-state index in [-0.39, 0.29) is 30.2 Å². The smallest absolute Gasteiger partial charge is 0.264 e. The predicted octanol–water partition coefficient (Wildman–Crippen LogP) is 4.10. The summed E-state index contributed by atoms with van der Waals surface area (Å²) in [5.74, 6) is -0.820. The quantitative estimate of drug-likeness (QED) is 0.443. The highest BCUT2D eigenvalue weighted by atomic mass is 32.1. The molecule has 188 valence electrons. The summed E-state index contributed by atoms with van der Waals surface area (Å²) < 4.78 is 20.0. The Labute approximate surface area is 217 Å². The Bertz CT molecular complexity index is 1210. The van der Waals surface area contributed by atoms with Gasteiger partial charge >= 0.3 is 0 Å². The number of rotatable bonds is 8. The Morgan fingerprint density at radius 2 is 1.83 bits per heavy atom. The van der Waals surface area contributed by atoms with Crippen molar-refractivity contribution in [2.24, 2.45) is 5.10 Å². The van der Waals surface area contributed by atoms with Crippen molar-refractivity contribution in [1.29, 1.82) is 0 Å². The van der Waals surface area contributed by atoms with Crippen molar-refractivity contribution in [2.75, 3.05) is 45.9 Å². The lowest BCUT2D eigenvalue weighted by molar-refractivity contribution is -0.133. The predicted molar refractivity (Wildman–Crippen MR) is 139 cm³/mol. The van der Waals surface area contributed by atoms with E-state index >= 15 is 0 Å². The Balaban J connectivity index is 1.38. The molecule has 1 saturated heterocycles. The molecule has 4 heterocycles. The van der Waals surface area contributed by atoms with E-state index in [0.717, 1.165) is 18.0 Å². The summed E-state index contributed by atoms with van der Waals surface area (Å²) in [6.45, 7) is 3.92.